The fourth-order valence-corrected chi connectivity index (χ4v) is 3.15. The molecule has 1 aromatic carbocycles. The topological polar surface area (TPSA) is 37.3 Å². The molecule has 0 bridgehead atoms. The molecule has 0 aromatic heterocycles. The van der Waals surface area contributed by atoms with Crippen LogP contribution in [0.25, 0.3) is 0 Å². The van der Waals surface area contributed by atoms with Gasteiger partial charge in [0.15, 0.2) is 0 Å². The molecular formula is C20H31ClO2. The van der Waals surface area contributed by atoms with E-state index in [9.17, 15) is 9.90 Å². The molecule has 1 N–H and O–H groups in total. The highest BCUT2D eigenvalue weighted by molar-refractivity contribution is 6.63. The Balaban J connectivity index is 3.56. The number of carbonyl (C=O) groups excluding carboxylic acids is 1. The molecule has 3 heteroatoms. The van der Waals surface area contributed by atoms with Crippen molar-refractivity contribution in [3.63, 3.8) is 0 Å². The Morgan fingerprint density at radius 2 is 1.52 bits per heavy atom. The van der Waals surface area contributed by atoms with Crippen molar-refractivity contribution in [3.8, 4) is 5.75 Å². The second-order valence-electron chi connectivity index (χ2n) is 8.51. The molecule has 1 atom stereocenters. The zero-order valence-electron chi connectivity index (χ0n) is 15.6. The van der Waals surface area contributed by atoms with E-state index in [2.05, 4.69) is 60.6 Å². The average molecular weight is 339 g/mol. The Morgan fingerprint density at radius 1 is 1.09 bits per heavy atom. The van der Waals surface area contributed by atoms with Crippen molar-refractivity contribution >= 4 is 16.8 Å². The van der Waals surface area contributed by atoms with Gasteiger partial charge in [0.1, 0.15) is 5.75 Å². The van der Waals surface area contributed by atoms with Gasteiger partial charge in [-0.05, 0) is 51.5 Å². The fourth-order valence-electron chi connectivity index (χ4n) is 2.96. The molecule has 0 amide bonds. The zero-order chi connectivity index (χ0) is 18.0. The van der Waals surface area contributed by atoms with Gasteiger partial charge in [-0.3, -0.25) is 4.79 Å². The number of benzene rings is 1. The lowest BCUT2D eigenvalue weighted by atomic mass is 9.76. The number of carbonyl (C=O) groups is 1. The van der Waals surface area contributed by atoms with Gasteiger partial charge < -0.3 is 5.11 Å². The normalized spacial score (nSPS) is 13.9. The first-order valence-electron chi connectivity index (χ1n) is 8.44. The van der Waals surface area contributed by atoms with Crippen LogP contribution < -0.4 is 0 Å². The molecule has 1 rings (SSSR count). The van der Waals surface area contributed by atoms with Crippen LogP contribution in [-0.4, -0.2) is 10.3 Å². The Kier molecular flexibility index (Phi) is 6.32. The van der Waals surface area contributed by atoms with Crippen LogP contribution in [0.3, 0.4) is 0 Å². The summed E-state index contributed by atoms with van der Waals surface area (Å²) in [5, 5.41) is 10.5. The highest BCUT2D eigenvalue weighted by atomic mass is 35.5. The molecule has 0 radical (unpaired) electrons. The highest BCUT2D eigenvalue weighted by Crippen LogP contribution is 2.42. The van der Waals surface area contributed by atoms with Gasteiger partial charge in [-0.25, -0.2) is 0 Å². The summed E-state index contributed by atoms with van der Waals surface area (Å²) in [6.07, 6.45) is 2.25. The Bertz CT molecular complexity index is 527. The van der Waals surface area contributed by atoms with E-state index in [0.717, 1.165) is 29.5 Å². The molecule has 0 saturated heterocycles. The molecule has 0 saturated carbocycles. The fraction of sp³-hybridized carbons (Fsp3) is 0.650. The van der Waals surface area contributed by atoms with Crippen LogP contribution >= 0.6 is 11.6 Å². The molecule has 23 heavy (non-hydrogen) atoms. The van der Waals surface area contributed by atoms with Crippen LogP contribution in [0.1, 0.15) is 90.3 Å². The quantitative estimate of drug-likeness (QED) is 0.666. The monoisotopic (exact) mass is 338 g/mol. The van der Waals surface area contributed by atoms with Crippen molar-refractivity contribution in [2.24, 2.45) is 0 Å². The zero-order valence-corrected chi connectivity index (χ0v) is 16.3. The SMILES string of the molecule is CCCC(CC(=O)Cl)c1cc(C(C)(C)C)c(O)c(C(C)(C)C)c1. The average Bonchev–Trinajstić information content (AvgIpc) is 2.35. The van der Waals surface area contributed by atoms with Crippen LogP contribution in [-0.2, 0) is 15.6 Å². The van der Waals surface area contributed by atoms with Crippen LogP contribution in [0.4, 0.5) is 0 Å². The Hall–Kier alpha value is -1.02. The largest absolute Gasteiger partial charge is 0.507 e. The molecule has 0 aliphatic carbocycles. The van der Waals surface area contributed by atoms with Gasteiger partial charge in [0, 0.05) is 6.42 Å². The lowest BCUT2D eigenvalue weighted by Crippen LogP contribution is -2.19. The second-order valence-corrected chi connectivity index (χ2v) is 8.93. The molecule has 0 aliphatic rings. The molecule has 0 fully saturated rings. The van der Waals surface area contributed by atoms with Crippen molar-refractivity contribution in [2.75, 3.05) is 0 Å². The molecule has 1 unspecified atom stereocenters. The molecule has 0 heterocycles. The molecule has 1 aromatic rings. The lowest BCUT2D eigenvalue weighted by molar-refractivity contribution is -0.112. The minimum atomic E-state index is -0.300. The third-order valence-corrected chi connectivity index (χ3v) is 4.42. The second kappa shape index (κ2) is 7.25. The van der Waals surface area contributed by atoms with Crippen molar-refractivity contribution in [1.29, 1.82) is 0 Å². The predicted molar refractivity (Wildman–Crippen MR) is 98.6 cm³/mol. The van der Waals surface area contributed by atoms with Gasteiger partial charge in [-0.15, -0.1) is 0 Å². The molecule has 130 valence electrons. The summed E-state index contributed by atoms with van der Waals surface area (Å²) in [5.74, 6) is 0.481. The first-order chi connectivity index (χ1) is 10.4. The maximum atomic E-state index is 11.4. The highest BCUT2D eigenvalue weighted by Gasteiger charge is 2.28. The van der Waals surface area contributed by atoms with Gasteiger partial charge in [-0.2, -0.15) is 0 Å². The number of phenols is 1. The van der Waals surface area contributed by atoms with Gasteiger partial charge in [0.2, 0.25) is 5.24 Å². The van der Waals surface area contributed by atoms with Gasteiger partial charge in [-0.1, -0.05) is 67.0 Å². The summed E-state index contributed by atoms with van der Waals surface area (Å²) in [4.78, 5) is 11.4. The van der Waals surface area contributed by atoms with Gasteiger partial charge >= 0.3 is 0 Å². The number of hydrogen-bond acceptors (Lipinski definition) is 2. The summed E-state index contributed by atoms with van der Waals surface area (Å²) >= 11 is 5.66. The van der Waals surface area contributed by atoms with Crippen LogP contribution in [0, 0.1) is 0 Å². The number of halogens is 1. The van der Waals surface area contributed by atoms with E-state index < -0.39 is 0 Å². The first kappa shape index (κ1) is 20.0. The van der Waals surface area contributed by atoms with Crippen molar-refractivity contribution in [1.82, 2.24) is 0 Å². The summed E-state index contributed by atoms with van der Waals surface area (Å²) < 4.78 is 0. The van der Waals surface area contributed by atoms with Crippen molar-refractivity contribution in [3.05, 3.63) is 28.8 Å². The minimum absolute atomic E-state index is 0.104. The number of phenolic OH excluding ortho intramolecular Hbond substituents is 1. The Morgan fingerprint density at radius 3 is 1.83 bits per heavy atom. The molecule has 0 spiro atoms. The van der Waals surface area contributed by atoms with Crippen LogP contribution in [0.5, 0.6) is 5.75 Å². The molecule has 0 aliphatic heterocycles. The third-order valence-electron chi connectivity index (χ3n) is 4.26. The third kappa shape index (κ3) is 5.24. The van der Waals surface area contributed by atoms with Crippen molar-refractivity contribution in [2.45, 2.75) is 84.5 Å². The molecular weight excluding hydrogens is 308 g/mol. The Labute approximate surface area is 146 Å². The smallest absolute Gasteiger partial charge is 0.222 e. The summed E-state index contributed by atoms with van der Waals surface area (Å²) in [6.45, 7) is 14.7. The number of hydrogen-bond donors (Lipinski definition) is 1. The first-order valence-corrected chi connectivity index (χ1v) is 8.82. The van der Waals surface area contributed by atoms with E-state index in [1.54, 1.807) is 0 Å². The lowest BCUT2D eigenvalue weighted by Gasteiger charge is -2.29. The standard InChI is InChI=1S/C20H31ClO2/c1-8-9-13(12-17(21)22)14-10-15(19(2,3)4)18(23)16(11-14)20(5,6)7/h10-11,13,23H,8-9,12H2,1-7H3. The summed E-state index contributed by atoms with van der Waals surface area (Å²) in [5.41, 5.74) is 2.64. The van der Waals surface area contributed by atoms with Crippen LogP contribution in [0.2, 0.25) is 0 Å². The molecule has 2 nitrogen and oxygen atoms in total. The summed E-state index contributed by atoms with van der Waals surface area (Å²) in [6, 6.07) is 4.12. The number of rotatable bonds is 5. The van der Waals surface area contributed by atoms with E-state index >= 15 is 0 Å². The summed E-state index contributed by atoms with van der Waals surface area (Å²) in [7, 11) is 0. The maximum Gasteiger partial charge on any atom is 0.222 e. The van der Waals surface area contributed by atoms with E-state index in [1.165, 1.54) is 0 Å². The maximum absolute atomic E-state index is 11.4. The van der Waals surface area contributed by atoms with Gasteiger partial charge in [0.05, 0.1) is 0 Å². The number of aromatic hydroxyl groups is 1. The van der Waals surface area contributed by atoms with E-state index in [4.69, 9.17) is 11.6 Å². The van der Waals surface area contributed by atoms with Crippen molar-refractivity contribution < 1.29 is 9.90 Å². The van der Waals surface area contributed by atoms with Crippen LogP contribution in [0.15, 0.2) is 12.1 Å². The predicted octanol–water partition coefficient (Wildman–Crippen LogP) is 6.03. The minimum Gasteiger partial charge on any atom is -0.507 e. The van der Waals surface area contributed by atoms with E-state index in [1.807, 2.05) is 0 Å². The van der Waals surface area contributed by atoms with E-state index in [0.29, 0.717) is 12.2 Å². The van der Waals surface area contributed by atoms with Gasteiger partial charge in [0.25, 0.3) is 0 Å². The van der Waals surface area contributed by atoms with E-state index in [-0.39, 0.29) is 22.0 Å².